The zero-order valence-corrected chi connectivity index (χ0v) is 13.0. The highest BCUT2D eigenvalue weighted by molar-refractivity contribution is 6.04. The molecule has 2 rings (SSSR count). The van der Waals surface area contributed by atoms with Gasteiger partial charge in [0.1, 0.15) is 0 Å². The number of hydrogen-bond acceptors (Lipinski definition) is 6. The minimum Gasteiger partial charge on any atom is -0.481 e. The Kier molecular flexibility index (Phi) is 4.88. The second-order valence-electron chi connectivity index (χ2n) is 4.53. The van der Waals surface area contributed by atoms with E-state index in [2.05, 4.69) is 20.3 Å². The third-order valence-electron chi connectivity index (χ3n) is 2.97. The third-order valence-corrected chi connectivity index (χ3v) is 2.97. The van der Waals surface area contributed by atoms with Gasteiger partial charge in [-0.2, -0.15) is 9.97 Å². The molecule has 1 N–H and O–H groups in total. The fraction of sp³-hybridized carbons (Fsp3) is 0.333. The molecule has 0 spiro atoms. The van der Waals surface area contributed by atoms with Gasteiger partial charge in [-0.3, -0.25) is 4.79 Å². The monoisotopic (exact) mass is 302 g/mol. The topological polar surface area (TPSA) is 86.2 Å². The normalized spacial score (nSPS) is 10.2. The predicted octanol–water partition coefficient (Wildman–Crippen LogP) is 2.15. The summed E-state index contributed by atoms with van der Waals surface area (Å²) in [5.41, 5.74) is 2.29. The van der Waals surface area contributed by atoms with Crippen molar-refractivity contribution < 1.29 is 14.3 Å². The number of aromatic nitrogens is 3. The summed E-state index contributed by atoms with van der Waals surface area (Å²) in [5, 5.41) is 2.80. The molecule has 7 heteroatoms. The Morgan fingerprint density at radius 2 is 1.91 bits per heavy atom. The number of carbonyl (C=O) groups is 1. The van der Waals surface area contributed by atoms with E-state index in [0.29, 0.717) is 41.1 Å². The molecule has 22 heavy (non-hydrogen) atoms. The van der Waals surface area contributed by atoms with Crippen LogP contribution in [0.3, 0.4) is 0 Å². The number of methoxy groups -OCH3 is 1. The van der Waals surface area contributed by atoms with Gasteiger partial charge in [-0.15, -0.1) is 0 Å². The Bertz CT molecular complexity index is 648. The van der Waals surface area contributed by atoms with Crippen LogP contribution in [0.25, 0.3) is 0 Å². The maximum Gasteiger partial charge on any atom is 0.316 e. The molecule has 0 bridgehead atoms. The van der Waals surface area contributed by atoms with E-state index in [-0.39, 0.29) is 5.91 Å². The van der Waals surface area contributed by atoms with Gasteiger partial charge >= 0.3 is 6.01 Å². The van der Waals surface area contributed by atoms with Crippen LogP contribution >= 0.6 is 0 Å². The molecule has 116 valence electrons. The van der Waals surface area contributed by atoms with Crippen molar-refractivity contribution in [3.8, 4) is 11.9 Å². The summed E-state index contributed by atoms with van der Waals surface area (Å²) < 4.78 is 10.2. The van der Waals surface area contributed by atoms with Gasteiger partial charge in [0.15, 0.2) is 0 Å². The van der Waals surface area contributed by atoms with Gasteiger partial charge in [0, 0.05) is 12.3 Å². The van der Waals surface area contributed by atoms with Crippen molar-refractivity contribution in [3.05, 3.63) is 35.3 Å². The summed E-state index contributed by atoms with van der Waals surface area (Å²) in [4.78, 5) is 24.7. The molecule has 2 heterocycles. The molecule has 0 aliphatic heterocycles. The van der Waals surface area contributed by atoms with Crippen LogP contribution in [0.4, 0.5) is 5.69 Å². The molecular weight excluding hydrogens is 284 g/mol. The highest BCUT2D eigenvalue weighted by Crippen LogP contribution is 2.20. The molecule has 0 radical (unpaired) electrons. The van der Waals surface area contributed by atoms with Crippen LogP contribution in [0.5, 0.6) is 11.9 Å². The lowest BCUT2D eigenvalue weighted by molar-refractivity contribution is 0.102. The van der Waals surface area contributed by atoms with E-state index in [1.165, 1.54) is 13.3 Å². The van der Waals surface area contributed by atoms with E-state index in [1.54, 1.807) is 26.0 Å². The number of carbonyl (C=O) groups excluding carboxylic acids is 1. The van der Waals surface area contributed by atoms with Crippen molar-refractivity contribution >= 4 is 11.6 Å². The molecule has 0 saturated heterocycles. The number of nitrogens with one attached hydrogen (secondary N) is 1. The Morgan fingerprint density at radius 1 is 1.23 bits per heavy atom. The fourth-order valence-corrected chi connectivity index (χ4v) is 1.88. The van der Waals surface area contributed by atoms with Gasteiger partial charge in [0.05, 0.1) is 36.4 Å². The average molecular weight is 302 g/mol. The van der Waals surface area contributed by atoms with E-state index in [4.69, 9.17) is 9.47 Å². The quantitative estimate of drug-likeness (QED) is 0.910. The van der Waals surface area contributed by atoms with Crippen molar-refractivity contribution in [1.29, 1.82) is 0 Å². The van der Waals surface area contributed by atoms with Gasteiger partial charge in [-0.25, -0.2) is 4.98 Å². The minimum absolute atomic E-state index is 0.283. The molecule has 0 aromatic carbocycles. The molecule has 0 aliphatic carbocycles. The summed E-state index contributed by atoms with van der Waals surface area (Å²) in [6.45, 7) is 5.93. The number of ether oxygens (including phenoxy) is 2. The summed E-state index contributed by atoms with van der Waals surface area (Å²) in [6.07, 6.45) is 1.45. The Balaban J connectivity index is 2.20. The van der Waals surface area contributed by atoms with Crippen molar-refractivity contribution in [2.75, 3.05) is 19.0 Å². The van der Waals surface area contributed by atoms with Crippen molar-refractivity contribution in [1.82, 2.24) is 15.0 Å². The predicted molar refractivity (Wildman–Crippen MR) is 81.4 cm³/mol. The molecule has 0 atom stereocenters. The largest absolute Gasteiger partial charge is 0.481 e. The van der Waals surface area contributed by atoms with Gasteiger partial charge < -0.3 is 14.8 Å². The highest BCUT2D eigenvalue weighted by atomic mass is 16.5. The van der Waals surface area contributed by atoms with E-state index in [9.17, 15) is 4.79 Å². The molecule has 2 aromatic rings. The molecule has 0 fully saturated rings. The lowest BCUT2D eigenvalue weighted by Gasteiger charge is -2.12. The zero-order chi connectivity index (χ0) is 16.1. The first-order valence-corrected chi connectivity index (χ1v) is 6.84. The van der Waals surface area contributed by atoms with Crippen molar-refractivity contribution in [3.63, 3.8) is 0 Å². The molecule has 0 aliphatic rings. The number of pyridine rings is 1. The lowest BCUT2D eigenvalue weighted by atomic mass is 10.2. The smallest absolute Gasteiger partial charge is 0.316 e. The molecule has 0 saturated carbocycles. The Labute approximate surface area is 128 Å². The molecule has 0 unspecified atom stereocenters. The summed E-state index contributed by atoms with van der Waals surface area (Å²) >= 11 is 0. The first-order valence-electron chi connectivity index (χ1n) is 6.84. The van der Waals surface area contributed by atoms with Gasteiger partial charge in [0.25, 0.3) is 5.91 Å². The number of hydrogen-bond donors (Lipinski definition) is 1. The van der Waals surface area contributed by atoms with Crippen LogP contribution in [0.1, 0.15) is 28.7 Å². The molecule has 1 amide bonds. The first-order chi connectivity index (χ1) is 10.5. The minimum atomic E-state index is -0.283. The summed E-state index contributed by atoms with van der Waals surface area (Å²) in [5.74, 6) is 0.169. The standard InChI is InChI=1S/C15H18N4O3/c1-5-22-15-17-9(2)13(10(3)18-15)19-14(20)11-6-7-12(21-4)16-8-11/h6-8H,5H2,1-4H3,(H,19,20). The average Bonchev–Trinajstić information content (AvgIpc) is 2.51. The zero-order valence-electron chi connectivity index (χ0n) is 13.0. The van der Waals surface area contributed by atoms with Crippen LogP contribution in [0, 0.1) is 13.8 Å². The fourth-order valence-electron chi connectivity index (χ4n) is 1.88. The van der Waals surface area contributed by atoms with E-state index < -0.39 is 0 Å². The maximum atomic E-state index is 12.3. The number of rotatable bonds is 5. The second kappa shape index (κ2) is 6.84. The molecule has 7 nitrogen and oxygen atoms in total. The first kappa shape index (κ1) is 15.7. The van der Waals surface area contributed by atoms with Crippen LogP contribution in [-0.4, -0.2) is 34.6 Å². The molecule has 2 aromatic heterocycles. The number of nitrogens with zero attached hydrogens (tertiary/aromatic N) is 3. The van der Waals surface area contributed by atoms with Crippen molar-refractivity contribution in [2.24, 2.45) is 0 Å². The number of anilines is 1. The van der Waals surface area contributed by atoms with Crippen LogP contribution in [-0.2, 0) is 0 Å². The Morgan fingerprint density at radius 3 is 2.41 bits per heavy atom. The number of aryl methyl sites for hydroxylation is 2. The van der Waals surface area contributed by atoms with Crippen LogP contribution in [0.15, 0.2) is 18.3 Å². The summed E-state index contributed by atoms with van der Waals surface area (Å²) in [6, 6.07) is 3.58. The third kappa shape index (κ3) is 3.49. The molecular formula is C15H18N4O3. The number of amides is 1. The van der Waals surface area contributed by atoms with Crippen molar-refractivity contribution in [2.45, 2.75) is 20.8 Å². The van der Waals surface area contributed by atoms with E-state index >= 15 is 0 Å². The van der Waals surface area contributed by atoms with Gasteiger partial charge in [-0.1, -0.05) is 0 Å². The van der Waals surface area contributed by atoms with E-state index in [1.807, 2.05) is 6.92 Å². The maximum absolute atomic E-state index is 12.3. The van der Waals surface area contributed by atoms with E-state index in [0.717, 1.165) is 0 Å². The lowest BCUT2D eigenvalue weighted by Crippen LogP contribution is -2.15. The van der Waals surface area contributed by atoms with Crippen LogP contribution in [0.2, 0.25) is 0 Å². The van der Waals surface area contributed by atoms with Gasteiger partial charge in [0.2, 0.25) is 5.88 Å². The highest BCUT2D eigenvalue weighted by Gasteiger charge is 2.14. The summed E-state index contributed by atoms with van der Waals surface area (Å²) in [7, 11) is 1.52. The van der Waals surface area contributed by atoms with Crippen LogP contribution < -0.4 is 14.8 Å². The SMILES string of the molecule is CCOc1nc(C)c(NC(=O)c2ccc(OC)nc2)c(C)n1. The second-order valence-corrected chi connectivity index (χ2v) is 4.53. The van der Waals surface area contributed by atoms with Gasteiger partial charge in [-0.05, 0) is 26.8 Å². The Hall–Kier alpha value is -2.70.